The number of thioether (sulfide) groups is 1. The first-order chi connectivity index (χ1) is 16.7. The van der Waals surface area contributed by atoms with Gasteiger partial charge in [0.05, 0.1) is 18.1 Å². The fourth-order valence-corrected chi connectivity index (χ4v) is 5.47. The van der Waals surface area contributed by atoms with Crippen LogP contribution in [0.4, 0.5) is 0 Å². The molecule has 3 aromatic rings. The Morgan fingerprint density at radius 2 is 1.44 bits per heavy atom. The SMILES string of the molecule is COc1ccccc1/C=C1/SC(N2CCN(C(c3ccccc3)c3ccccc3)CC2)=NC1=O. The Balaban J connectivity index is 1.29. The Bertz CT molecular complexity index is 1160. The number of methoxy groups -OCH3 is 1. The van der Waals surface area contributed by atoms with E-state index in [2.05, 4.69) is 75.5 Å². The first kappa shape index (κ1) is 22.4. The van der Waals surface area contributed by atoms with Gasteiger partial charge in [-0.25, -0.2) is 0 Å². The molecule has 34 heavy (non-hydrogen) atoms. The number of piperazine rings is 1. The van der Waals surface area contributed by atoms with Crippen molar-refractivity contribution in [1.82, 2.24) is 9.80 Å². The normalized spacial score (nSPS) is 17.9. The fraction of sp³-hybridized carbons (Fsp3) is 0.214. The second kappa shape index (κ2) is 10.3. The van der Waals surface area contributed by atoms with Crippen LogP contribution in [0.5, 0.6) is 5.75 Å². The molecule has 2 aliphatic heterocycles. The third-order valence-corrected chi connectivity index (χ3v) is 7.26. The van der Waals surface area contributed by atoms with E-state index in [0.29, 0.717) is 4.91 Å². The summed E-state index contributed by atoms with van der Waals surface area (Å²) in [5.41, 5.74) is 3.48. The zero-order valence-corrected chi connectivity index (χ0v) is 19.9. The number of carbonyl (C=O) groups excluding carboxylic acids is 1. The van der Waals surface area contributed by atoms with Crippen LogP contribution in [0.25, 0.3) is 6.08 Å². The molecule has 6 heteroatoms. The average Bonchev–Trinajstić information content (AvgIpc) is 3.26. The molecule has 0 N–H and O–H groups in total. The quantitative estimate of drug-likeness (QED) is 0.488. The molecule has 0 bridgehead atoms. The van der Waals surface area contributed by atoms with Crippen molar-refractivity contribution in [2.45, 2.75) is 6.04 Å². The van der Waals surface area contributed by atoms with Crippen LogP contribution in [0, 0.1) is 0 Å². The second-order valence-corrected chi connectivity index (χ2v) is 9.31. The van der Waals surface area contributed by atoms with Crippen LogP contribution < -0.4 is 4.74 Å². The van der Waals surface area contributed by atoms with Gasteiger partial charge >= 0.3 is 0 Å². The summed E-state index contributed by atoms with van der Waals surface area (Å²) in [4.78, 5) is 22.4. The van der Waals surface area contributed by atoms with E-state index < -0.39 is 0 Å². The number of nitrogens with zero attached hydrogens (tertiary/aromatic N) is 3. The lowest BCUT2D eigenvalue weighted by molar-refractivity contribution is -0.113. The van der Waals surface area contributed by atoms with E-state index in [9.17, 15) is 4.79 Å². The summed E-state index contributed by atoms with van der Waals surface area (Å²) in [6, 6.07) is 29.3. The van der Waals surface area contributed by atoms with Crippen molar-refractivity contribution >= 4 is 28.9 Å². The molecule has 5 rings (SSSR count). The summed E-state index contributed by atoms with van der Waals surface area (Å²) in [5, 5.41) is 0.793. The predicted molar refractivity (Wildman–Crippen MR) is 139 cm³/mol. The topological polar surface area (TPSA) is 45.1 Å². The first-order valence-electron chi connectivity index (χ1n) is 11.5. The average molecular weight is 470 g/mol. The molecule has 0 atom stereocenters. The highest BCUT2D eigenvalue weighted by Gasteiger charge is 2.31. The molecule has 5 nitrogen and oxygen atoms in total. The second-order valence-electron chi connectivity index (χ2n) is 8.30. The van der Waals surface area contributed by atoms with Crippen molar-refractivity contribution < 1.29 is 9.53 Å². The highest BCUT2D eigenvalue weighted by Crippen LogP contribution is 2.34. The van der Waals surface area contributed by atoms with E-state index in [1.165, 1.54) is 22.9 Å². The monoisotopic (exact) mass is 469 g/mol. The molecule has 2 aliphatic rings. The standard InChI is InChI=1S/C28H27N3O2S/c1-33-24-15-9-8-14-23(24)20-25-27(32)29-28(34-25)31-18-16-30(17-19-31)26(21-10-4-2-5-11-21)22-12-6-3-7-13-22/h2-15,20,26H,16-19H2,1H3/b25-20+. The number of hydrogen-bond acceptors (Lipinski definition) is 5. The van der Waals surface area contributed by atoms with Gasteiger partial charge in [-0.1, -0.05) is 78.9 Å². The third kappa shape index (κ3) is 4.79. The molecular formula is C28H27N3O2S. The number of hydrogen-bond donors (Lipinski definition) is 0. The Labute approximate surface area is 204 Å². The maximum atomic E-state index is 12.6. The van der Waals surface area contributed by atoms with Crippen molar-refractivity contribution in [1.29, 1.82) is 0 Å². The van der Waals surface area contributed by atoms with Crippen LogP contribution in [-0.4, -0.2) is 54.2 Å². The molecule has 2 heterocycles. The van der Waals surface area contributed by atoms with Gasteiger partial charge in [-0.3, -0.25) is 9.69 Å². The summed E-state index contributed by atoms with van der Waals surface area (Å²) in [6.07, 6.45) is 1.87. The maximum Gasteiger partial charge on any atom is 0.286 e. The lowest BCUT2D eigenvalue weighted by atomic mass is 9.96. The van der Waals surface area contributed by atoms with Gasteiger partial charge in [0.15, 0.2) is 5.17 Å². The highest BCUT2D eigenvalue weighted by atomic mass is 32.2. The Hall–Kier alpha value is -3.35. The van der Waals surface area contributed by atoms with Gasteiger partial charge in [0.25, 0.3) is 5.91 Å². The zero-order valence-electron chi connectivity index (χ0n) is 19.1. The zero-order chi connectivity index (χ0) is 23.3. The Kier molecular flexibility index (Phi) is 6.79. The van der Waals surface area contributed by atoms with Crippen molar-refractivity contribution in [3.63, 3.8) is 0 Å². The van der Waals surface area contributed by atoms with Crippen LogP contribution in [-0.2, 0) is 4.79 Å². The van der Waals surface area contributed by atoms with Gasteiger partial charge in [0.1, 0.15) is 5.75 Å². The number of ether oxygens (including phenoxy) is 1. The lowest BCUT2D eigenvalue weighted by Crippen LogP contribution is -2.49. The number of aliphatic imine (C=N–C) groups is 1. The summed E-state index contributed by atoms with van der Waals surface area (Å²) < 4.78 is 5.42. The number of para-hydroxylation sites is 1. The van der Waals surface area contributed by atoms with Crippen molar-refractivity contribution in [3.8, 4) is 5.75 Å². The van der Waals surface area contributed by atoms with Crippen molar-refractivity contribution in [3.05, 3.63) is 107 Å². The molecule has 1 fully saturated rings. The molecule has 0 spiro atoms. The summed E-state index contributed by atoms with van der Waals surface area (Å²) in [7, 11) is 1.64. The maximum absolute atomic E-state index is 12.6. The van der Waals surface area contributed by atoms with Crippen molar-refractivity contribution in [2.24, 2.45) is 4.99 Å². The minimum atomic E-state index is -0.181. The summed E-state index contributed by atoms with van der Waals surface area (Å²) in [6.45, 7) is 3.45. The van der Waals surface area contributed by atoms with Crippen LogP contribution in [0.15, 0.2) is 94.8 Å². The first-order valence-corrected chi connectivity index (χ1v) is 12.3. The van der Waals surface area contributed by atoms with E-state index in [4.69, 9.17) is 4.74 Å². The molecule has 1 saturated heterocycles. The number of amidine groups is 1. The molecule has 0 radical (unpaired) electrons. The largest absolute Gasteiger partial charge is 0.496 e. The minimum absolute atomic E-state index is 0.181. The van der Waals surface area contributed by atoms with Gasteiger partial charge in [0, 0.05) is 31.7 Å². The molecule has 3 aromatic carbocycles. The summed E-state index contributed by atoms with van der Waals surface area (Å²) >= 11 is 1.46. The molecule has 0 aromatic heterocycles. The number of amides is 1. The molecule has 0 aliphatic carbocycles. The van der Waals surface area contributed by atoms with Crippen LogP contribution >= 0.6 is 11.8 Å². The van der Waals surface area contributed by atoms with Gasteiger partial charge < -0.3 is 9.64 Å². The predicted octanol–water partition coefficient (Wildman–Crippen LogP) is 5.07. The molecule has 172 valence electrons. The number of rotatable bonds is 5. The number of carbonyl (C=O) groups is 1. The van der Waals surface area contributed by atoms with Crippen LogP contribution in [0.3, 0.4) is 0 Å². The van der Waals surface area contributed by atoms with Gasteiger partial charge in [-0.05, 0) is 35.0 Å². The smallest absolute Gasteiger partial charge is 0.286 e. The van der Waals surface area contributed by atoms with Gasteiger partial charge in [0.2, 0.25) is 0 Å². The minimum Gasteiger partial charge on any atom is -0.496 e. The van der Waals surface area contributed by atoms with E-state index >= 15 is 0 Å². The third-order valence-electron chi connectivity index (χ3n) is 6.22. The number of benzene rings is 3. The van der Waals surface area contributed by atoms with E-state index in [-0.39, 0.29) is 11.9 Å². The van der Waals surface area contributed by atoms with Gasteiger partial charge in [-0.2, -0.15) is 4.99 Å². The van der Waals surface area contributed by atoms with Gasteiger partial charge in [-0.15, -0.1) is 0 Å². The molecule has 0 saturated carbocycles. The van der Waals surface area contributed by atoms with E-state index in [1.807, 2.05) is 30.3 Å². The van der Waals surface area contributed by atoms with Crippen molar-refractivity contribution in [2.75, 3.05) is 33.3 Å². The lowest BCUT2D eigenvalue weighted by Gasteiger charge is -2.40. The Morgan fingerprint density at radius 1 is 0.853 bits per heavy atom. The molecule has 1 amide bonds. The van der Waals surface area contributed by atoms with E-state index in [1.54, 1.807) is 7.11 Å². The molecular weight excluding hydrogens is 442 g/mol. The molecule has 0 unspecified atom stereocenters. The summed E-state index contributed by atoms with van der Waals surface area (Å²) in [5.74, 6) is 0.568. The highest BCUT2D eigenvalue weighted by molar-refractivity contribution is 8.18. The van der Waals surface area contributed by atoms with Crippen LogP contribution in [0.1, 0.15) is 22.7 Å². The Morgan fingerprint density at radius 3 is 2.06 bits per heavy atom. The van der Waals surface area contributed by atoms with E-state index in [0.717, 1.165) is 42.7 Å². The van der Waals surface area contributed by atoms with Crippen LogP contribution in [0.2, 0.25) is 0 Å². The fourth-order valence-electron chi connectivity index (χ4n) is 4.52.